The Morgan fingerprint density at radius 3 is 2.53 bits per heavy atom. The summed E-state index contributed by atoms with van der Waals surface area (Å²) in [6, 6.07) is 14.4. The minimum Gasteiger partial charge on any atom is -0.491 e. The highest BCUT2D eigenvalue weighted by molar-refractivity contribution is 5.87. The number of nitrogens with zero attached hydrogens (tertiary/aromatic N) is 2. The van der Waals surface area contributed by atoms with E-state index in [0.717, 1.165) is 0 Å². The number of para-hydroxylation sites is 1. The zero-order valence-corrected chi connectivity index (χ0v) is 17.3. The van der Waals surface area contributed by atoms with Gasteiger partial charge in [-0.25, -0.2) is 0 Å². The second-order valence-corrected chi connectivity index (χ2v) is 8.25. The van der Waals surface area contributed by atoms with Crippen LogP contribution in [0.1, 0.15) is 44.4 Å². The quantitative estimate of drug-likeness (QED) is 0.739. The zero-order chi connectivity index (χ0) is 21.7. The average Bonchev–Trinajstić information content (AvgIpc) is 3.01. The van der Waals surface area contributed by atoms with Gasteiger partial charge in [-0.2, -0.15) is 5.26 Å². The maximum atomic E-state index is 12.7. The lowest BCUT2D eigenvalue weighted by molar-refractivity contribution is -0.157. The van der Waals surface area contributed by atoms with Crippen molar-refractivity contribution in [3.63, 3.8) is 0 Å². The third-order valence-electron chi connectivity index (χ3n) is 4.77. The number of nitrogens with one attached hydrogen (secondary N) is 1. The Hall–Kier alpha value is -3.40. The van der Waals surface area contributed by atoms with E-state index in [9.17, 15) is 9.59 Å². The molecule has 1 aromatic carbocycles. The lowest BCUT2D eigenvalue weighted by Crippen LogP contribution is -2.34. The maximum absolute atomic E-state index is 12.7. The molecule has 0 saturated carbocycles. The average molecular weight is 407 g/mol. The number of amides is 1. The molecule has 156 valence electrons. The first-order valence-electron chi connectivity index (χ1n) is 9.83. The molecule has 7 nitrogen and oxygen atoms in total. The van der Waals surface area contributed by atoms with Crippen molar-refractivity contribution in [2.75, 3.05) is 6.61 Å². The van der Waals surface area contributed by atoms with Crippen LogP contribution >= 0.6 is 0 Å². The first-order valence-corrected chi connectivity index (χ1v) is 9.83. The van der Waals surface area contributed by atoms with E-state index in [1.165, 1.54) is 6.20 Å². The summed E-state index contributed by atoms with van der Waals surface area (Å²) in [7, 11) is 0. The molecule has 3 rings (SSSR count). The van der Waals surface area contributed by atoms with Crippen molar-refractivity contribution in [2.45, 2.75) is 44.8 Å². The minimum absolute atomic E-state index is 0.0582. The number of aromatic nitrogens is 1. The molecular weight excluding hydrogens is 382 g/mol. The first-order chi connectivity index (χ1) is 14.3. The van der Waals surface area contributed by atoms with Gasteiger partial charge in [0.25, 0.3) is 0 Å². The molecule has 7 heteroatoms. The summed E-state index contributed by atoms with van der Waals surface area (Å²) in [6.07, 6.45) is 1.41. The molecule has 1 aliphatic rings. The number of ether oxygens (including phenoxy) is 2. The SMILES string of the molecule is CC(C)(C)OC(=O)C[C@@H]1C(=O)N[C@H](COc2ccccc2)C1c1ccc(C#N)cn1. The lowest BCUT2D eigenvalue weighted by atomic mass is 9.85. The maximum Gasteiger partial charge on any atom is 0.307 e. The molecule has 0 radical (unpaired) electrons. The molecule has 1 fully saturated rings. The van der Waals surface area contributed by atoms with E-state index >= 15 is 0 Å². The van der Waals surface area contributed by atoms with Gasteiger partial charge < -0.3 is 14.8 Å². The highest BCUT2D eigenvalue weighted by Crippen LogP contribution is 2.36. The topological polar surface area (TPSA) is 101 Å². The van der Waals surface area contributed by atoms with Gasteiger partial charge in [-0.05, 0) is 45.0 Å². The molecular formula is C23H25N3O4. The molecule has 0 spiro atoms. The Bertz CT molecular complexity index is 930. The number of benzene rings is 1. The summed E-state index contributed by atoms with van der Waals surface area (Å²) in [5.41, 5.74) is 0.420. The fourth-order valence-electron chi connectivity index (χ4n) is 3.53. The van der Waals surface area contributed by atoms with Crippen molar-refractivity contribution in [2.24, 2.45) is 5.92 Å². The van der Waals surface area contributed by atoms with Crippen molar-refractivity contribution in [3.8, 4) is 11.8 Å². The monoisotopic (exact) mass is 407 g/mol. The van der Waals surface area contributed by atoms with Crippen LogP contribution in [0.25, 0.3) is 0 Å². The van der Waals surface area contributed by atoms with Crippen LogP contribution in [-0.2, 0) is 14.3 Å². The van der Waals surface area contributed by atoms with E-state index < -0.39 is 17.5 Å². The third-order valence-corrected chi connectivity index (χ3v) is 4.77. The summed E-state index contributed by atoms with van der Waals surface area (Å²) < 4.78 is 11.3. The zero-order valence-electron chi connectivity index (χ0n) is 17.3. The summed E-state index contributed by atoms with van der Waals surface area (Å²) in [4.78, 5) is 29.6. The van der Waals surface area contributed by atoms with Crippen molar-refractivity contribution >= 4 is 11.9 Å². The predicted octanol–water partition coefficient (Wildman–Crippen LogP) is 2.96. The van der Waals surface area contributed by atoms with Crippen LogP contribution in [-0.4, -0.2) is 35.1 Å². The number of esters is 1. The largest absolute Gasteiger partial charge is 0.491 e. The summed E-state index contributed by atoms with van der Waals surface area (Å²) >= 11 is 0. The van der Waals surface area contributed by atoms with Gasteiger partial charge in [0.2, 0.25) is 5.91 Å². The normalized spacial score (nSPS) is 20.9. The van der Waals surface area contributed by atoms with E-state index in [2.05, 4.69) is 10.3 Å². The van der Waals surface area contributed by atoms with Gasteiger partial charge in [0.1, 0.15) is 24.0 Å². The summed E-state index contributed by atoms with van der Waals surface area (Å²) in [5.74, 6) is -1.01. The van der Waals surface area contributed by atoms with Gasteiger partial charge in [0.05, 0.1) is 23.9 Å². The number of pyridine rings is 1. The Kier molecular flexibility index (Phi) is 6.36. The van der Waals surface area contributed by atoms with Crippen molar-refractivity contribution in [1.29, 1.82) is 5.26 Å². The second-order valence-electron chi connectivity index (χ2n) is 8.25. The van der Waals surface area contributed by atoms with Crippen LogP contribution in [0.3, 0.4) is 0 Å². The molecule has 3 atom stereocenters. The Balaban J connectivity index is 1.83. The van der Waals surface area contributed by atoms with Crippen molar-refractivity contribution in [1.82, 2.24) is 10.3 Å². The van der Waals surface area contributed by atoms with Gasteiger partial charge >= 0.3 is 5.97 Å². The molecule has 1 aliphatic heterocycles. The van der Waals surface area contributed by atoms with Gasteiger partial charge in [0, 0.05) is 17.8 Å². The summed E-state index contributed by atoms with van der Waals surface area (Å²) in [5, 5.41) is 12.0. The van der Waals surface area contributed by atoms with Crippen LogP contribution in [0.5, 0.6) is 5.75 Å². The van der Waals surface area contributed by atoms with Crippen LogP contribution in [0.15, 0.2) is 48.7 Å². The Morgan fingerprint density at radius 2 is 1.93 bits per heavy atom. The van der Waals surface area contributed by atoms with Gasteiger partial charge in [-0.15, -0.1) is 0 Å². The van der Waals surface area contributed by atoms with Gasteiger partial charge in [-0.3, -0.25) is 14.6 Å². The van der Waals surface area contributed by atoms with E-state index in [-0.39, 0.29) is 30.9 Å². The van der Waals surface area contributed by atoms with E-state index in [1.54, 1.807) is 32.9 Å². The van der Waals surface area contributed by atoms with E-state index in [1.807, 2.05) is 36.4 Å². The molecule has 0 aliphatic carbocycles. The third kappa shape index (κ3) is 5.35. The number of hydrogen-bond donors (Lipinski definition) is 1. The van der Waals surface area contributed by atoms with Crippen molar-refractivity contribution < 1.29 is 19.1 Å². The van der Waals surface area contributed by atoms with Crippen LogP contribution in [0.2, 0.25) is 0 Å². The molecule has 1 saturated heterocycles. The Morgan fingerprint density at radius 1 is 1.20 bits per heavy atom. The number of rotatable bonds is 6. The number of hydrogen-bond acceptors (Lipinski definition) is 6. The fraction of sp³-hybridized carbons (Fsp3) is 0.391. The molecule has 2 heterocycles. The molecule has 2 aromatic rings. The van der Waals surface area contributed by atoms with Crippen LogP contribution in [0.4, 0.5) is 0 Å². The van der Waals surface area contributed by atoms with Gasteiger partial charge in [0.15, 0.2) is 0 Å². The van der Waals surface area contributed by atoms with E-state index in [4.69, 9.17) is 14.7 Å². The second kappa shape index (κ2) is 8.95. The summed E-state index contributed by atoms with van der Waals surface area (Å²) in [6.45, 7) is 5.59. The molecule has 1 aromatic heterocycles. The first kappa shape index (κ1) is 21.3. The standard InChI is InChI=1S/C23H25N3O4/c1-23(2,3)30-20(27)11-17-21(18-10-9-15(12-24)13-25-18)19(26-22(17)28)14-29-16-7-5-4-6-8-16/h4-10,13,17,19,21H,11,14H2,1-3H3,(H,26,28)/t17-,19+,21?/m0/s1. The van der Waals surface area contributed by atoms with Crippen LogP contribution in [0, 0.1) is 17.2 Å². The Labute approximate surface area is 176 Å². The highest BCUT2D eigenvalue weighted by atomic mass is 16.6. The highest BCUT2D eigenvalue weighted by Gasteiger charge is 2.45. The smallest absolute Gasteiger partial charge is 0.307 e. The lowest BCUT2D eigenvalue weighted by Gasteiger charge is -2.24. The van der Waals surface area contributed by atoms with E-state index in [0.29, 0.717) is 17.0 Å². The molecule has 1 unspecified atom stereocenters. The number of carbonyl (C=O) groups excluding carboxylic acids is 2. The molecule has 1 amide bonds. The van der Waals surface area contributed by atoms with Gasteiger partial charge in [-0.1, -0.05) is 18.2 Å². The number of nitriles is 1. The molecule has 1 N–H and O–H groups in total. The number of carbonyl (C=O) groups is 2. The molecule has 0 bridgehead atoms. The fourth-order valence-corrected chi connectivity index (χ4v) is 3.53. The minimum atomic E-state index is -0.635. The predicted molar refractivity (Wildman–Crippen MR) is 110 cm³/mol. The van der Waals surface area contributed by atoms with Crippen LogP contribution < -0.4 is 10.1 Å². The van der Waals surface area contributed by atoms with Crippen molar-refractivity contribution in [3.05, 3.63) is 59.9 Å². The molecule has 30 heavy (non-hydrogen) atoms.